The van der Waals surface area contributed by atoms with E-state index in [1.807, 2.05) is 0 Å². The molecule has 2 rings (SSSR count). The van der Waals surface area contributed by atoms with E-state index in [9.17, 15) is 14.9 Å². The second-order valence-corrected chi connectivity index (χ2v) is 5.11. The Morgan fingerprint density at radius 1 is 1.24 bits per heavy atom. The molecule has 0 aliphatic carbocycles. The lowest BCUT2D eigenvalue weighted by Crippen LogP contribution is -1.97. The molecule has 0 amide bonds. The van der Waals surface area contributed by atoms with Crippen molar-refractivity contribution in [2.75, 3.05) is 0 Å². The van der Waals surface area contributed by atoms with Crippen molar-refractivity contribution in [3.8, 4) is 11.5 Å². The van der Waals surface area contributed by atoms with E-state index in [1.54, 1.807) is 13.0 Å². The van der Waals surface area contributed by atoms with Crippen LogP contribution in [0.25, 0.3) is 0 Å². The molecule has 2 aromatic carbocycles. The van der Waals surface area contributed by atoms with Crippen molar-refractivity contribution in [3.63, 3.8) is 0 Å². The van der Waals surface area contributed by atoms with Crippen LogP contribution in [0.5, 0.6) is 11.5 Å². The second kappa shape index (κ2) is 5.92. The minimum atomic E-state index is -1.05. The quantitative estimate of drug-likeness (QED) is 0.659. The van der Waals surface area contributed by atoms with Crippen LogP contribution in [0.3, 0.4) is 0 Å². The van der Waals surface area contributed by atoms with Gasteiger partial charge in [0.2, 0.25) is 0 Å². The number of nitrogens with zero attached hydrogens (tertiary/aromatic N) is 1. The number of carbonyl (C=O) groups is 1. The number of aromatic carboxylic acids is 1. The number of non-ortho nitro benzene ring substituents is 1. The van der Waals surface area contributed by atoms with E-state index in [0.717, 1.165) is 5.56 Å². The Hall–Kier alpha value is -2.41. The van der Waals surface area contributed by atoms with Gasteiger partial charge in [0.05, 0.1) is 21.0 Å². The number of aryl methyl sites for hydroxylation is 1. The zero-order valence-corrected chi connectivity index (χ0v) is 12.5. The van der Waals surface area contributed by atoms with Crippen LogP contribution in [-0.2, 0) is 0 Å². The van der Waals surface area contributed by atoms with Gasteiger partial charge in [-0.05, 0) is 52.7 Å². The summed E-state index contributed by atoms with van der Waals surface area (Å²) in [5.41, 5.74) is 0.772. The van der Waals surface area contributed by atoms with E-state index < -0.39 is 10.9 Å². The zero-order valence-electron chi connectivity index (χ0n) is 10.9. The van der Waals surface area contributed by atoms with Gasteiger partial charge >= 0.3 is 5.97 Å². The van der Waals surface area contributed by atoms with Gasteiger partial charge in [-0.1, -0.05) is 0 Å². The summed E-state index contributed by atoms with van der Waals surface area (Å²) in [4.78, 5) is 21.1. The fourth-order valence-electron chi connectivity index (χ4n) is 1.65. The minimum Gasteiger partial charge on any atom is -0.478 e. The molecule has 7 heteroatoms. The predicted molar refractivity (Wildman–Crippen MR) is 79.0 cm³/mol. The highest BCUT2D eigenvalue weighted by molar-refractivity contribution is 9.10. The summed E-state index contributed by atoms with van der Waals surface area (Å²) in [6, 6.07) is 8.61. The topological polar surface area (TPSA) is 89.7 Å². The number of rotatable bonds is 4. The van der Waals surface area contributed by atoms with Crippen LogP contribution in [0.4, 0.5) is 5.69 Å². The van der Waals surface area contributed by atoms with Gasteiger partial charge in [0.15, 0.2) is 0 Å². The fourth-order valence-corrected chi connectivity index (χ4v) is 2.11. The van der Waals surface area contributed by atoms with Crippen LogP contribution in [0.2, 0.25) is 0 Å². The smallest absolute Gasteiger partial charge is 0.335 e. The lowest BCUT2D eigenvalue weighted by Gasteiger charge is -2.10. The van der Waals surface area contributed by atoms with Crippen LogP contribution in [-0.4, -0.2) is 16.0 Å². The summed E-state index contributed by atoms with van der Waals surface area (Å²) in [5, 5.41) is 19.7. The zero-order chi connectivity index (χ0) is 15.6. The average Bonchev–Trinajstić information content (AvgIpc) is 2.42. The average molecular weight is 352 g/mol. The van der Waals surface area contributed by atoms with Crippen molar-refractivity contribution < 1.29 is 19.6 Å². The molecule has 2 aromatic rings. The first-order valence-electron chi connectivity index (χ1n) is 5.84. The SMILES string of the molecule is Cc1ccc([N+](=O)[O-])cc1Oc1ccc(C(=O)O)cc1Br. The van der Waals surface area contributed by atoms with Gasteiger partial charge in [-0.25, -0.2) is 4.79 Å². The summed E-state index contributed by atoms with van der Waals surface area (Å²) >= 11 is 3.22. The molecule has 21 heavy (non-hydrogen) atoms. The molecular formula is C14H10BrNO5. The normalized spacial score (nSPS) is 10.2. The summed E-state index contributed by atoms with van der Waals surface area (Å²) in [5.74, 6) is -0.328. The molecule has 0 atom stereocenters. The summed E-state index contributed by atoms with van der Waals surface area (Å²) < 4.78 is 6.07. The van der Waals surface area contributed by atoms with Gasteiger partial charge in [-0.15, -0.1) is 0 Å². The maximum atomic E-state index is 10.9. The van der Waals surface area contributed by atoms with Crippen molar-refractivity contribution in [3.05, 3.63) is 62.1 Å². The third-order valence-corrected chi connectivity index (χ3v) is 3.40. The number of carboxylic acid groups (broad SMARTS) is 1. The van der Waals surface area contributed by atoms with Gasteiger partial charge in [-0.3, -0.25) is 10.1 Å². The number of hydrogen-bond acceptors (Lipinski definition) is 4. The molecular weight excluding hydrogens is 342 g/mol. The first-order valence-corrected chi connectivity index (χ1v) is 6.63. The van der Waals surface area contributed by atoms with E-state index in [0.29, 0.717) is 16.0 Å². The number of ether oxygens (including phenoxy) is 1. The van der Waals surface area contributed by atoms with E-state index >= 15 is 0 Å². The Kier molecular flexibility index (Phi) is 4.23. The molecule has 0 heterocycles. The highest BCUT2D eigenvalue weighted by Gasteiger charge is 2.13. The maximum Gasteiger partial charge on any atom is 0.335 e. The molecule has 0 aliphatic rings. The van der Waals surface area contributed by atoms with Crippen molar-refractivity contribution in [1.82, 2.24) is 0 Å². The second-order valence-electron chi connectivity index (χ2n) is 4.26. The fraction of sp³-hybridized carbons (Fsp3) is 0.0714. The van der Waals surface area contributed by atoms with Gasteiger partial charge in [-0.2, -0.15) is 0 Å². The van der Waals surface area contributed by atoms with E-state index in [4.69, 9.17) is 9.84 Å². The van der Waals surface area contributed by atoms with E-state index in [-0.39, 0.29) is 11.3 Å². The number of benzene rings is 2. The molecule has 0 aromatic heterocycles. The van der Waals surface area contributed by atoms with Crippen LogP contribution in [0, 0.1) is 17.0 Å². The molecule has 1 N–H and O–H groups in total. The summed E-state index contributed by atoms with van der Waals surface area (Å²) in [7, 11) is 0. The van der Waals surface area contributed by atoms with Crippen LogP contribution >= 0.6 is 15.9 Å². The maximum absolute atomic E-state index is 10.9. The number of carboxylic acids is 1. The van der Waals surface area contributed by atoms with Crippen molar-refractivity contribution in [2.24, 2.45) is 0 Å². The Morgan fingerprint density at radius 3 is 2.52 bits per heavy atom. The van der Waals surface area contributed by atoms with Crippen LogP contribution in [0.1, 0.15) is 15.9 Å². The molecule has 0 bridgehead atoms. The van der Waals surface area contributed by atoms with Gasteiger partial charge < -0.3 is 9.84 Å². The molecule has 6 nitrogen and oxygen atoms in total. The molecule has 0 saturated carbocycles. The number of halogens is 1. The van der Waals surface area contributed by atoms with Crippen molar-refractivity contribution in [1.29, 1.82) is 0 Å². The molecule has 0 fully saturated rings. The molecule has 0 saturated heterocycles. The standard InChI is InChI=1S/C14H10BrNO5/c1-8-2-4-10(16(19)20)7-13(8)21-12-5-3-9(14(17)18)6-11(12)15/h2-7H,1H3,(H,17,18). The lowest BCUT2D eigenvalue weighted by atomic mass is 10.2. The van der Waals surface area contributed by atoms with E-state index in [1.165, 1.54) is 30.3 Å². The third-order valence-electron chi connectivity index (χ3n) is 2.78. The molecule has 108 valence electrons. The van der Waals surface area contributed by atoms with E-state index in [2.05, 4.69) is 15.9 Å². The molecule has 0 unspecified atom stereocenters. The predicted octanol–water partition coefficient (Wildman–Crippen LogP) is 4.16. The van der Waals surface area contributed by atoms with Crippen LogP contribution in [0.15, 0.2) is 40.9 Å². The Balaban J connectivity index is 2.36. The first-order chi connectivity index (χ1) is 9.88. The van der Waals surface area contributed by atoms with Crippen molar-refractivity contribution in [2.45, 2.75) is 6.92 Å². The first kappa shape index (κ1) is 15.0. The highest BCUT2D eigenvalue weighted by atomic mass is 79.9. The van der Waals surface area contributed by atoms with Crippen LogP contribution < -0.4 is 4.74 Å². The largest absolute Gasteiger partial charge is 0.478 e. The lowest BCUT2D eigenvalue weighted by molar-refractivity contribution is -0.384. The van der Waals surface area contributed by atoms with Gasteiger partial charge in [0.1, 0.15) is 11.5 Å². The minimum absolute atomic E-state index is 0.0751. The number of nitro groups is 1. The monoisotopic (exact) mass is 351 g/mol. The Labute approximate surface area is 128 Å². The molecule has 0 aliphatic heterocycles. The highest BCUT2D eigenvalue weighted by Crippen LogP contribution is 2.33. The van der Waals surface area contributed by atoms with Gasteiger partial charge in [0.25, 0.3) is 5.69 Å². The third kappa shape index (κ3) is 3.38. The molecule has 0 radical (unpaired) electrons. The summed E-state index contributed by atoms with van der Waals surface area (Å²) in [6.07, 6.45) is 0. The van der Waals surface area contributed by atoms with Crippen molar-refractivity contribution >= 4 is 27.6 Å². The number of hydrogen-bond donors (Lipinski definition) is 1. The Bertz CT molecular complexity index is 729. The Morgan fingerprint density at radius 2 is 1.95 bits per heavy atom. The number of nitro benzene ring substituents is 1. The summed E-state index contributed by atoms with van der Waals surface area (Å²) in [6.45, 7) is 1.76. The molecule has 0 spiro atoms. The van der Waals surface area contributed by atoms with Gasteiger partial charge in [0, 0.05) is 6.07 Å².